The Kier molecular flexibility index (Phi) is 4.75. The van der Waals surface area contributed by atoms with Crippen LogP contribution in [-0.2, 0) is 4.84 Å². The second-order valence-corrected chi connectivity index (χ2v) is 5.05. The van der Waals surface area contributed by atoms with Gasteiger partial charge in [-0.15, -0.1) is 0 Å². The van der Waals surface area contributed by atoms with Crippen LogP contribution in [0, 0.1) is 6.92 Å². The zero-order valence-electron chi connectivity index (χ0n) is 11.4. The van der Waals surface area contributed by atoms with Gasteiger partial charge in [0.1, 0.15) is 0 Å². The molecule has 1 aliphatic heterocycles. The predicted molar refractivity (Wildman–Crippen MR) is 74.1 cm³/mol. The molecule has 0 aromatic heterocycles. The number of aryl methyl sites for hydroxylation is 1. The number of nitrogens with two attached hydrogens (primary N) is 1. The average molecular weight is 248 g/mol. The number of hydrogen-bond acceptors (Lipinski definition) is 3. The highest BCUT2D eigenvalue weighted by Gasteiger charge is 2.28. The van der Waals surface area contributed by atoms with E-state index in [1.807, 2.05) is 0 Å². The van der Waals surface area contributed by atoms with Crippen molar-refractivity contribution in [2.75, 3.05) is 13.2 Å². The molecule has 2 N–H and O–H groups in total. The van der Waals surface area contributed by atoms with Crippen molar-refractivity contribution in [3.63, 3.8) is 0 Å². The van der Waals surface area contributed by atoms with E-state index in [4.69, 9.17) is 10.6 Å². The predicted octanol–water partition coefficient (Wildman–Crippen LogP) is 2.80. The molecule has 1 fully saturated rings. The average Bonchev–Trinajstić information content (AvgIpc) is 2.42. The van der Waals surface area contributed by atoms with Gasteiger partial charge in [-0.2, -0.15) is 5.06 Å². The number of rotatable bonds is 4. The van der Waals surface area contributed by atoms with Gasteiger partial charge in [-0.3, -0.25) is 4.84 Å². The maximum atomic E-state index is 6.33. The molecule has 0 saturated carbocycles. The first-order valence-electron chi connectivity index (χ1n) is 6.94. The maximum absolute atomic E-state index is 6.33. The molecule has 2 atom stereocenters. The third-order valence-corrected chi connectivity index (χ3v) is 3.72. The summed E-state index contributed by atoms with van der Waals surface area (Å²) in [6.45, 7) is 6.08. The molecule has 0 bridgehead atoms. The summed E-state index contributed by atoms with van der Waals surface area (Å²) < 4.78 is 0. The molecule has 1 heterocycles. The van der Waals surface area contributed by atoms with Crippen molar-refractivity contribution in [1.29, 1.82) is 0 Å². The molecule has 100 valence electrons. The van der Waals surface area contributed by atoms with Crippen LogP contribution in [-0.4, -0.2) is 24.3 Å². The third-order valence-electron chi connectivity index (χ3n) is 3.72. The Morgan fingerprint density at radius 3 is 2.72 bits per heavy atom. The molecule has 0 amide bonds. The maximum Gasteiger partial charge on any atom is 0.0755 e. The summed E-state index contributed by atoms with van der Waals surface area (Å²) in [7, 11) is 0. The molecule has 18 heavy (non-hydrogen) atoms. The van der Waals surface area contributed by atoms with Crippen LogP contribution in [0.3, 0.4) is 0 Å². The topological polar surface area (TPSA) is 38.5 Å². The molecule has 2 unspecified atom stereocenters. The van der Waals surface area contributed by atoms with E-state index in [1.165, 1.54) is 17.5 Å². The Morgan fingerprint density at radius 1 is 1.33 bits per heavy atom. The van der Waals surface area contributed by atoms with Gasteiger partial charge >= 0.3 is 0 Å². The van der Waals surface area contributed by atoms with Gasteiger partial charge in [0.25, 0.3) is 0 Å². The molecule has 0 spiro atoms. The lowest BCUT2D eigenvalue weighted by Gasteiger charge is -2.37. The van der Waals surface area contributed by atoms with Gasteiger partial charge in [0, 0.05) is 12.6 Å². The zero-order chi connectivity index (χ0) is 13.0. The summed E-state index contributed by atoms with van der Waals surface area (Å²) in [5.74, 6) is 0. The summed E-state index contributed by atoms with van der Waals surface area (Å²) in [6, 6.07) is 8.77. The van der Waals surface area contributed by atoms with Crippen molar-refractivity contribution >= 4 is 0 Å². The van der Waals surface area contributed by atoms with Crippen LogP contribution in [0.15, 0.2) is 24.3 Å². The first-order chi connectivity index (χ1) is 8.74. The van der Waals surface area contributed by atoms with Gasteiger partial charge in [-0.1, -0.05) is 31.2 Å². The van der Waals surface area contributed by atoms with Crippen LogP contribution in [0.1, 0.15) is 43.4 Å². The number of hydrogen-bond donors (Lipinski definition) is 1. The lowest BCUT2D eigenvalue weighted by atomic mass is 9.93. The van der Waals surface area contributed by atoms with Crippen LogP contribution in [0.4, 0.5) is 0 Å². The summed E-state index contributed by atoms with van der Waals surface area (Å²) >= 11 is 0. The monoisotopic (exact) mass is 248 g/mol. The fourth-order valence-electron chi connectivity index (χ4n) is 2.58. The van der Waals surface area contributed by atoms with Crippen LogP contribution >= 0.6 is 0 Å². The molecule has 3 heteroatoms. The smallest absolute Gasteiger partial charge is 0.0755 e. The van der Waals surface area contributed by atoms with Gasteiger partial charge < -0.3 is 5.73 Å². The minimum atomic E-state index is 0.115. The zero-order valence-corrected chi connectivity index (χ0v) is 11.4. The summed E-state index contributed by atoms with van der Waals surface area (Å²) in [6.07, 6.45) is 3.30. The highest BCUT2D eigenvalue weighted by Crippen LogP contribution is 2.29. The van der Waals surface area contributed by atoms with E-state index in [0.29, 0.717) is 0 Å². The van der Waals surface area contributed by atoms with Crippen molar-refractivity contribution < 1.29 is 4.84 Å². The van der Waals surface area contributed by atoms with Gasteiger partial charge in [0.2, 0.25) is 0 Å². The summed E-state index contributed by atoms with van der Waals surface area (Å²) in [5, 5.41) is 2.10. The molecule has 1 aliphatic rings. The molecule has 1 aromatic rings. The number of nitrogens with zero attached hydrogens (tertiary/aromatic N) is 1. The SMILES string of the molecule is CCC(N)C(c1ccccc1C)N1CCCCO1. The Balaban J connectivity index is 2.27. The molecule has 3 nitrogen and oxygen atoms in total. The van der Waals surface area contributed by atoms with Gasteiger partial charge in [-0.05, 0) is 37.3 Å². The minimum absolute atomic E-state index is 0.115. The highest BCUT2D eigenvalue weighted by atomic mass is 16.7. The molecule has 1 aromatic carbocycles. The Morgan fingerprint density at radius 2 is 2.11 bits per heavy atom. The van der Waals surface area contributed by atoms with Gasteiger partial charge in [-0.25, -0.2) is 0 Å². The van der Waals surface area contributed by atoms with E-state index in [2.05, 4.69) is 43.2 Å². The molecule has 0 radical (unpaired) electrons. The standard InChI is InChI=1S/C15H24N2O/c1-3-14(16)15(17-10-6-7-11-18-17)13-9-5-4-8-12(13)2/h4-5,8-9,14-15H,3,6-7,10-11,16H2,1-2H3. The van der Waals surface area contributed by atoms with E-state index in [9.17, 15) is 0 Å². The number of benzene rings is 1. The first-order valence-corrected chi connectivity index (χ1v) is 6.94. The normalized spacial score (nSPS) is 20.6. The van der Waals surface area contributed by atoms with Crippen molar-refractivity contribution in [3.8, 4) is 0 Å². The Hall–Kier alpha value is -0.900. The fraction of sp³-hybridized carbons (Fsp3) is 0.600. The Bertz CT molecular complexity index is 375. The van der Waals surface area contributed by atoms with Crippen molar-refractivity contribution in [1.82, 2.24) is 5.06 Å². The minimum Gasteiger partial charge on any atom is -0.326 e. The van der Waals surface area contributed by atoms with Crippen molar-refractivity contribution in [3.05, 3.63) is 35.4 Å². The van der Waals surface area contributed by atoms with Crippen LogP contribution in [0.5, 0.6) is 0 Å². The van der Waals surface area contributed by atoms with E-state index >= 15 is 0 Å². The second kappa shape index (κ2) is 6.32. The second-order valence-electron chi connectivity index (χ2n) is 5.05. The van der Waals surface area contributed by atoms with E-state index in [0.717, 1.165) is 26.0 Å². The summed E-state index contributed by atoms with van der Waals surface area (Å²) in [4.78, 5) is 5.83. The molecular formula is C15H24N2O. The third kappa shape index (κ3) is 2.91. The molecular weight excluding hydrogens is 224 g/mol. The molecule has 1 saturated heterocycles. The summed E-state index contributed by atoms with van der Waals surface area (Å²) in [5.41, 5.74) is 8.92. The lowest BCUT2D eigenvalue weighted by Crippen LogP contribution is -2.43. The number of hydroxylamine groups is 2. The van der Waals surface area contributed by atoms with Gasteiger partial charge in [0.15, 0.2) is 0 Å². The van der Waals surface area contributed by atoms with Crippen molar-refractivity contribution in [2.24, 2.45) is 5.73 Å². The molecule has 0 aliphatic carbocycles. The lowest BCUT2D eigenvalue weighted by molar-refractivity contribution is -0.212. The van der Waals surface area contributed by atoms with E-state index in [-0.39, 0.29) is 12.1 Å². The van der Waals surface area contributed by atoms with Crippen LogP contribution in [0.25, 0.3) is 0 Å². The van der Waals surface area contributed by atoms with Crippen LogP contribution in [0.2, 0.25) is 0 Å². The molecule has 2 rings (SSSR count). The Labute approximate surface area is 110 Å². The largest absolute Gasteiger partial charge is 0.326 e. The van der Waals surface area contributed by atoms with E-state index < -0.39 is 0 Å². The first kappa shape index (κ1) is 13.5. The fourth-order valence-corrected chi connectivity index (χ4v) is 2.58. The van der Waals surface area contributed by atoms with Crippen molar-refractivity contribution in [2.45, 2.75) is 45.2 Å². The highest BCUT2D eigenvalue weighted by molar-refractivity contribution is 5.29. The quantitative estimate of drug-likeness (QED) is 0.890. The van der Waals surface area contributed by atoms with E-state index in [1.54, 1.807) is 0 Å². The van der Waals surface area contributed by atoms with Gasteiger partial charge in [0.05, 0.1) is 12.6 Å². The van der Waals surface area contributed by atoms with Crippen LogP contribution < -0.4 is 5.73 Å².